The first-order valence-electron chi connectivity index (χ1n) is 4.46. The van der Waals surface area contributed by atoms with E-state index in [-0.39, 0.29) is 0 Å². The van der Waals surface area contributed by atoms with Gasteiger partial charge >= 0.3 is 0 Å². The fourth-order valence-corrected chi connectivity index (χ4v) is 1.64. The summed E-state index contributed by atoms with van der Waals surface area (Å²) in [5, 5.41) is 0. The molecule has 0 heterocycles. The standard InChI is InChI=1S/C11H12BrClO2/c1-14-10-6-4-5-9(12)11(10)15-8-3-2-7-13/h2-6H,7-8H2,1H3/b3-2+. The molecule has 0 bridgehead atoms. The summed E-state index contributed by atoms with van der Waals surface area (Å²) in [7, 11) is 1.61. The first-order chi connectivity index (χ1) is 7.29. The van der Waals surface area contributed by atoms with Crippen molar-refractivity contribution in [1.82, 2.24) is 0 Å². The van der Waals surface area contributed by atoms with Crippen LogP contribution in [0.1, 0.15) is 0 Å². The molecule has 4 heteroatoms. The zero-order chi connectivity index (χ0) is 11.1. The molecule has 15 heavy (non-hydrogen) atoms. The second-order valence-corrected chi connectivity index (χ2v) is 3.87. The Morgan fingerprint density at radius 2 is 2.20 bits per heavy atom. The van der Waals surface area contributed by atoms with Crippen LogP contribution in [0, 0.1) is 0 Å². The molecule has 0 aliphatic carbocycles. The second kappa shape index (κ2) is 6.75. The van der Waals surface area contributed by atoms with Crippen LogP contribution in [-0.4, -0.2) is 19.6 Å². The molecule has 1 aromatic rings. The zero-order valence-corrected chi connectivity index (χ0v) is 10.7. The van der Waals surface area contributed by atoms with E-state index in [2.05, 4.69) is 15.9 Å². The minimum atomic E-state index is 0.478. The van der Waals surface area contributed by atoms with Crippen LogP contribution in [-0.2, 0) is 0 Å². The van der Waals surface area contributed by atoms with E-state index in [0.717, 1.165) is 4.47 Å². The molecule has 0 amide bonds. The molecular weight excluding hydrogens is 279 g/mol. The number of para-hydroxylation sites is 1. The van der Waals surface area contributed by atoms with Crippen molar-refractivity contribution in [1.29, 1.82) is 0 Å². The van der Waals surface area contributed by atoms with Gasteiger partial charge in [-0.15, -0.1) is 11.6 Å². The molecule has 0 N–H and O–H groups in total. The van der Waals surface area contributed by atoms with E-state index in [9.17, 15) is 0 Å². The Labute approximate surface area is 103 Å². The third-order valence-electron chi connectivity index (χ3n) is 1.73. The Balaban J connectivity index is 2.70. The minimum Gasteiger partial charge on any atom is -0.493 e. The van der Waals surface area contributed by atoms with Crippen LogP contribution in [0.3, 0.4) is 0 Å². The Hall–Kier alpha value is -0.670. The molecule has 2 nitrogen and oxygen atoms in total. The van der Waals surface area contributed by atoms with Gasteiger partial charge in [-0.2, -0.15) is 0 Å². The van der Waals surface area contributed by atoms with Crippen molar-refractivity contribution in [3.8, 4) is 11.5 Å². The number of alkyl halides is 1. The van der Waals surface area contributed by atoms with E-state index in [1.165, 1.54) is 0 Å². The monoisotopic (exact) mass is 290 g/mol. The fourth-order valence-electron chi connectivity index (χ4n) is 1.05. The Bertz CT molecular complexity index is 339. The summed E-state index contributed by atoms with van der Waals surface area (Å²) in [6, 6.07) is 5.65. The largest absolute Gasteiger partial charge is 0.493 e. The average molecular weight is 292 g/mol. The van der Waals surface area contributed by atoms with Gasteiger partial charge < -0.3 is 9.47 Å². The number of hydrogen-bond donors (Lipinski definition) is 0. The van der Waals surface area contributed by atoms with Crippen molar-refractivity contribution in [3.05, 3.63) is 34.8 Å². The van der Waals surface area contributed by atoms with Crippen LogP contribution < -0.4 is 9.47 Å². The fraction of sp³-hybridized carbons (Fsp3) is 0.273. The Morgan fingerprint density at radius 3 is 2.87 bits per heavy atom. The maximum absolute atomic E-state index is 5.54. The predicted molar refractivity (Wildman–Crippen MR) is 66.0 cm³/mol. The number of ether oxygens (including phenoxy) is 2. The van der Waals surface area contributed by atoms with Crippen LogP contribution in [0.15, 0.2) is 34.8 Å². The van der Waals surface area contributed by atoms with Crippen molar-refractivity contribution in [2.45, 2.75) is 0 Å². The molecule has 82 valence electrons. The number of allylic oxidation sites excluding steroid dienone is 1. The third kappa shape index (κ3) is 3.76. The third-order valence-corrected chi connectivity index (χ3v) is 2.53. The van der Waals surface area contributed by atoms with E-state index in [1.807, 2.05) is 30.4 Å². The lowest BCUT2D eigenvalue weighted by molar-refractivity contribution is 0.324. The molecule has 0 atom stereocenters. The smallest absolute Gasteiger partial charge is 0.175 e. The summed E-state index contributed by atoms with van der Waals surface area (Å²) in [6.07, 6.45) is 3.71. The lowest BCUT2D eigenvalue weighted by Crippen LogP contribution is -1.97. The Kier molecular flexibility index (Phi) is 5.58. The number of hydrogen-bond acceptors (Lipinski definition) is 2. The molecule has 0 aliphatic heterocycles. The molecule has 1 rings (SSSR count). The van der Waals surface area contributed by atoms with Gasteiger partial charge in [0.25, 0.3) is 0 Å². The topological polar surface area (TPSA) is 18.5 Å². The van der Waals surface area contributed by atoms with Gasteiger partial charge in [0.15, 0.2) is 11.5 Å². The molecule has 1 aromatic carbocycles. The molecule has 0 spiro atoms. The van der Waals surface area contributed by atoms with Crippen LogP contribution in [0.4, 0.5) is 0 Å². The first kappa shape index (κ1) is 12.4. The molecule has 0 saturated heterocycles. The molecule has 0 radical (unpaired) electrons. The van der Waals surface area contributed by atoms with E-state index < -0.39 is 0 Å². The molecule has 0 fully saturated rings. The lowest BCUT2D eigenvalue weighted by atomic mass is 10.3. The van der Waals surface area contributed by atoms with Gasteiger partial charge in [-0.1, -0.05) is 18.2 Å². The highest BCUT2D eigenvalue weighted by molar-refractivity contribution is 9.10. The van der Waals surface area contributed by atoms with Crippen molar-refractivity contribution < 1.29 is 9.47 Å². The Morgan fingerprint density at radius 1 is 1.40 bits per heavy atom. The SMILES string of the molecule is COc1cccc(Br)c1OC/C=C/CCl. The van der Waals surface area contributed by atoms with Crippen LogP contribution in [0.2, 0.25) is 0 Å². The summed E-state index contributed by atoms with van der Waals surface area (Å²) in [5.74, 6) is 1.92. The van der Waals surface area contributed by atoms with E-state index >= 15 is 0 Å². The number of rotatable bonds is 5. The van der Waals surface area contributed by atoms with Gasteiger partial charge in [0.05, 0.1) is 11.6 Å². The van der Waals surface area contributed by atoms with E-state index in [4.69, 9.17) is 21.1 Å². The quantitative estimate of drug-likeness (QED) is 0.609. The highest BCUT2D eigenvalue weighted by Crippen LogP contribution is 2.34. The van der Waals surface area contributed by atoms with Crippen molar-refractivity contribution in [2.75, 3.05) is 19.6 Å². The number of methoxy groups -OCH3 is 1. The van der Waals surface area contributed by atoms with E-state index in [0.29, 0.717) is 24.0 Å². The van der Waals surface area contributed by atoms with Gasteiger partial charge in [-0.3, -0.25) is 0 Å². The molecular formula is C11H12BrClO2. The summed E-state index contributed by atoms with van der Waals surface area (Å²) in [4.78, 5) is 0. The maximum Gasteiger partial charge on any atom is 0.175 e. The average Bonchev–Trinajstić information content (AvgIpc) is 2.26. The second-order valence-electron chi connectivity index (χ2n) is 2.71. The summed E-state index contributed by atoms with van der Waals surface area (Å²) in [6.45, 7) is 0.478. The summed E-state index contributed by atoms with van der Waals surface area (Å²) in [5.41, 5.74) is 0. The van der Waals surface area contributed by atoms with Crippen molar-refractivity contribution in [3.63, 3.8) is 0 Å². The van der Waals surface area contributed by atoms with Gasteiger partial charge in [0.2, 0.25) is 0 Å². The molecule has 0 unspecified atom stereocenters. The highest BCUT2D eigenvalue weighted by Gasteiger charge is 2.06. The van der Waals surface area contributed by atoms with Crippen LogP contribution >= 0.6 is 27.5 Å². The first-order valence-corrected chi connectivity index (χ1v) is 5.78. The van der Waals surface area contributed by atoms with Crippen LogP contribution in [0.25, 0.3) is 0 Å². The van der Waals surface area contributed by atoms with Gasteiger partial charge in [0, 0.05) is 5.88 Å². The molecule has 0 aliphatic rings. The lowest BCUT2D eigenvalue weighted by Gasteiger charge is -2.10. The maximum atomic E-state index is 5.54. The normalized spacial score (nSPS) is 10.6. The van der Waals surface area contributed by atoms with Crippen molar-refractivity contribution >= 4 is 27.5 Å². The van der Waals surface area contributed by atoms with E-state index in [1.54, 1.807) is 7.11 Å². The molecule has 0 aromatic heterocycles. The van der Waals surface area contributed by atoms with Crippen LogP contribution in [0.5, 0.6) is 11.5 Å². The van der Waals surface area contributed by atoms with Gasteiger partial charge in [-0.05, 0) is 28.1 Å². The predicted octanol–water partition coefficient (Wildman–Crippen LogP) is 3.63. The van der Waals surface area contributed by atoms with Crippen molar-refractivity contribution in [2.24, 2.45) is 0 Å². The summed E-state index contributed by atoms with van der Waals surface area (Å²) < 4.78 is 11.6. The van der Waals surface area contributed by atoms with Gasteiger partial charge in [0.1, 0.15) is 6.61 Å². The zero-order valence-electron chi connectivity index (χ0n) is 8.37. The summed E-state index contributed by atoms with van der Waals surface area (Å²) >= 11 is 8.90. The number of benzene rings is 1. The highest BCUT2D eigenvalue weighted by atomic mass is 79.9. The van der Waals surface area contributed by atoms with Gasteiger partial charge in [-0.25, -0.2) is 0 Å². The number of halogens is 2. The minimum absolute atomic E-state index is 0.478. The molecule has 0 saturated carbocycles.